The lowest BCUT2D eigenvalue weighted by atomic mass is 9.66. The monoisotopic (exact) mass is 372 g/mol. The molecule has 3 heterocycles. The highest BCUT2D eigenvalue weighted by atomic mass is 16.6. The molecule has 146 valence electrons. The number of ether oxygens (including phenoxy) is 1. The van der Waals surface area contributed by atoms with Gasteiger partial charge in [-0.1, -0.05) is 6.42 Å². The number of anilines is 1. The summed E-state index contributed by atoms with van der Waals surface area (Å²) in [5.74, 6) is 0. The third-order valence-corrected chi connectivity index (χ3v) is 6.83. The highest BCUT2D eigenvalue weighted by molar-refractivity contribution is 5.79. The number of benzene rings is 1. The van der Waals surface area contributed by atoms with Crippen molar-refractivity contribution in [2.75, 3.05) is 37.6 Å². The van der Waals surface area contributed by atoms with Crippen LogP contribution in [0.15, 0.2) is 23.0 Å². The molecule has 2 unspecified atom stereocenters. The van der Waals surface area contributed by atoms with Crippen LogP contribution in [0.4, 0.5) is 5.69 Å². The van der Waals surface area contributed by atoms with Crippen molar-refractivity contribution in [3.63, 3.8) is 0 Å². The number of nitrogens with zero attached hydrogens (tertiary/aromatic N) is 2. The molecule has 0 radical (unpaired) electrons. The molecule has 1 aliphatic carbocycles. The minimum Gasteiger partial charge on any atom is -0.369 e. The van der Waals surface area contributed by atoms with E-state index in [9.17, 15) is 9.90 Å². The topological polar surface area (TPSA) is 84.6 Å². The second-order valence-corrected chi connectivity index (χ2v) is 8.46. The zero-order chi connectivity index (χ0) is 18.4. The fourth-order valence-electron chi connectivity index (χ4n) is 4.95. The molecule has 3 N–H and O–H groups in total. The average Bonchev–Trinajstić information content (AvgIpc) is 3.18. The van der Waals surface area contributed by atoms with Crippen molar-refractivity contribution >= 4 is 16.7 Å². The first-order valence-electron chi connectivity index (χ1n) is 10.1. The number of rotatable bonds is 4. The molecule has 2 aromatic rings. The van der Waals surface area contributed by atoms with E-state index >= 15 is 0 Å². The van der Waals surface area contributed by atoms with E-state index in [4.69, 9.17) is 4.74 Å². The van der Waals surface area contributed by atoms with E-state index in [0.717, 1.165) is 75.1 Å². The first kappa shape index (κ1) is 17.3. The Labute approximate surface area is 158 Å². The molecular formula is C20H28N4O3. The second-order valence-electron chi connectivity index (χ2n) is 8.46. The molecule has 0 amide bonds. The predicted molar refractivity (Wildman–Crippen MR) is 104 cm³/mol. The summed E-state index contributed by atoms with van der Waals surface area (Å²) >= 11 is 0. The van der Waals surface area contributed by atoms with Crippen LogP contribution in [0.2, 0.25) is 0 Å². The Morgan fingerprint density at radius 2 is 1.93 bits per heavy atom. The molecule has 2 saturated heterocycles. The number of hydrogen-bond acceptors (Lipinski definition) is 5. The molecule has 1 aromatic carbocycles. The fourth-order valence-corrected chi connectivity index (χ4v) is 4.95. The van der Waals surface area contributed by atoms with Gasteiger partial charge in [0, 0.05) is 43.8 Å². The maximum absolute atomic E-state index is 11.4. The molecule has 0 bridgehead atoms. The van der Waals surface area contributed by atoms with Gasteiger partial charge < -0.3 is 24.7 Å². The zero-order valence-corrected chi connectivity index (χ0v) is 15.6. The first-order valence-corrected chi connectivity index (χ1v) is 10.1. The van der Waals surface area contributed by atoms with Gasteiger partial charge in [-0.25, -0.2) is 4.79 Å². The predicted octanol–water partition coefficient (Wildman–Crippen LogP) is 1.65. The maximum atomic E-state index is 11.4. The molecule has 5 rings (SSSR count). The van der Waals surface area contributed by atoms with E-state index in [1.54, 1.807) is 0 Å². The third kappa shape index (κ3) is 3.17. The Bertz CT molecular complexity index is 863. The summed E-state index contributed by atoms with van der Waals surface area (Å²) in [6, 6.07) is 6.09. The summed E-state index contributed by atoms with van der Waals surface area (Å²) in [7, 11) is 0. The van der Waals surface area contributed by atoms with Crippen molar-refractivity contribution in [3.05, 3.63) is 28.7 Å². The number of nitrogens with one attached hydrogen (secondary N) is 2. The average molecular weight is 372 g/mol. The van der Waals surface area contributed by atoms with Crippen LogP contribution in [-0.4, -0.2) is 65.1 Å². The molecule has 1 aromatic heterocycles. The van der Waals surface area contributed by atoms with Gasteiger partial charge in [0.1, 0.15) is 0 Å². The van der Waals surface area contributed by atoms with Gasteiger partial charge in [-0.05, 0) is 43.9 Å². The zero-order valence-electron chi connectivity index (χ0n) is 15.6. The van der Waals surface area contributed by atoms with Crippen molar-refractivity contribution in [2.45, 2.75) is 44.5 Å². The van der Waals surface area contributed by atoms with Crippen LogP contribution < -0.4 is 10.6 Å². The van der Waals surface area contributed by atoms with Gasteiger partial charge in [0.05, 0.1) is 17.1 Å². The molecule has 3 aliphatic rings. The molecule has 7 heteroatoms. The van der Waals surface area contributed by atoms with Crippen LogP contribution in [-0.2, 0) is 4.74 Å². The number of fused-ring (bicyclic) bond motifs is 1. The summed E-state index contributed by atoms with van der Waals surface area (Å²) in [4.78, 5) is 21.9. The molecule has 7 nitrogen and oxygen atoms in total. The lowest BCUT2D eigenvalue weighted by Gasteiger charge is -2.39. The largest absolute Gasteiger partial charge is 0.369 e. The Kier molecular flexibility index (Phi) is 4.26. The quantitative estimate of drug-likeness (QED) is 0.760. The summed E-state index contributed by atoms with van der Waals surface area (Å²) < 4.78 is 5.83. The van der Waals surface area contributed by atoms with Gasteiger partial charge >= 0.3 is 5.69 Å². The Morgan fingerprint density at radius 1 is 1.15 bits per heavy atom. The fraction of sp³-hybridized carbons (Fsp3) is 0.650. The number of hydrogen-bond donors (Lipinski definition) is 3. The van der Waals surface area contributed by atoms with Crippen LogP contribution in [0.5, 0.6) is 0 Å². The highest BCUT2D eigenvalue weighted by Gasteiger charge is 2.51. The SMILES string of the molecule is O=c1[nH]c2ccc(N3CCN(CCC4CC5(CCC5)C(O)O4)CC3)cc2[nH]1. The minimum absolute atomic E-state index is 0.0845. The van der Waals surface area contributed by atoms with E-state index < -0.39 is 6.29 Å². The second kappa shape index (κ2) is 6.65. The van der Waals surface area contributed by atoms with E-state index in [0.29, 0.717) is 0 Å². The van der Waals surface area contributed by atoms with E-state index in [2.05, 4.69) is 31.9 Å². The normalized spacial score (nSPS) is 28.1. The molecule has 2 aliphatic heterocycles. The van der Waals surface area contributed by atoms with Gasteiger partial charge in [0.25, 0.3) is 0 Å². The van der Waals surface area contributed by atoms with Crippen LogP contribution in [0.25, 0.3) is 11.0 Å². The third-order valence-electron chi connectivity index (χ3n) is 6.83. The summed E-state index contributed by atoms with van der Waals surface area (Å²) in [6.45, 7) is 5.06. The van der Waals surface area contributed by atoms with Crippen LogP contribution in [0.3, 0.4) is 0 Å². The number of aromatic amines is 2. The van der Waals surface area contributed by atoms with Crippen molar-refractivity contribution in [1.82, 2.24) is 14.9 Å². The van der Waals surface area contributed by atoms with Gasteiger partial charge in [-0.15, -0.1) is 0 Å². The van der Waals surface area contributed by atoms with E-state index in [1.165, 1.54) is 6.42 Å². The lowest BCUT2D eigenvalue weighted by molar-refractivity contribution is -0.156. The number of aliphatic hydroxyl groups excluding tert-OH is 1. The molecule has 2 atom stereocenters. The Hall–Kier alpha value is -1.83. The molecule has 3 fully saturated rings. The standard InChI is InChI=1S/C20H28N4O3/c25-18-20(5-1-6-20)13-15(27-18)4-7-23-8-10-24(11-9-23)14-2-3-16-17(12-14)22-19(26)21-16/h2-3,12,15,18,25H,1,4-11,13H2,(H2,21,22,26). The van der Waals surface area contributed by atoms with Crippen molar-refractivity contribution < 1.29 is 9.84 Å². The van der Waals surface area contributed by atoms with Crippen LogP contribution in [0.1, 0.15) is 32.1 Å². The number of imidazole rings is 1. The molecule has 1 saturated carbocycles. The van der Waals surface area contributed by atoms with Crippen LogP contribution >= 0.6 is 0 Å². The number of aromatic nitrogens is 2. The van der Waals surface area contributed by atoms with Gasteiger partial charge in [0.15, 0.2) is 6.29 Å². The Balaban J connectivity index is 1.13. The number of H-pyrrole nitrogens is 2. The van der Waals surface area contributed by atoms with E-state index in [-0.39, 0.29) is 17.2 Å². The summed E-state index contributed by atoms with van der Waals surface area (Å²) in [5, 5.41) is 10.2. The van der Waals surface area contributed by atoms with Gasteiger partial charge in [0.2, 0.25) is 0 Å². The molecule has 1 spiro atoms. The minimum atomic E-state index is -0.539. The molecular weight excluding hydrogens is 344 g/mol. The maximum Gasteiger partial charge on any atom is 0.323 e. The van der Waals surface area contributed by atoms with Gasteiger partial charge in [-0.2, -0.15) is 0 Å². The van der Waals surface area contributed by atoms with Crippen molar-refractivity contribution in [1.29, 1.82) is 0 Å². The smallest absolute Gasteiger partial charge is 0.323 e. The Morgan fingerprint density at radius 3 is 2.63 bits per heavy atom. The van der Waals surface area contributed by atoms with Crippen LogP contribution in [0, 0.1) is 5.41 Å². The molecule has 27 heavy (non-hydrogen) atoms. The lowest BCUT2D eigenvalue weighted by Crippen LogP contribution is -2.47. The summed E-state index contributed by atoms with van der Waals surface area (Å²) in [6.07, 6.45) is 5.20. The van der Waals surface area contributed by atoms with Crippen molar-refractivity contribution in [3.8, 4) is 0 Å². The first-order chi connectivity index (χ1) is 13.1. The van der Waals surface area contributed by atoms with Crippen molar-refractivity contribution in [2.24, 2.45) is 5.41 Å². The van der Waals surface area contributed by atoms with E-state index in [1.807, 2.05) is 6.07 Å². The number of aliphatic hydroxyl groups is 1. The highest BCUT2D eigenvalue weighted by Crippen LogP contribution is 2.53. The van der Waals surface area contributed by atoms with Gasteiger partial charge in [-0.3, -0.25) is 4.90 Å². The summed E-state index contributed by atoms with van der Waals surface area (Å²) in [5.41, 5.74) is 2.80. The number of piperazine rings is 1.